The van der Waals surface area contributed by atoms with Gasteiger partial charge in [0.25, 0.3) is 5.56 Å². The number of sulfone groups is 1. The van der Waals surface area contributed by atoms with Crippen LogP contribution in [-0.2, 0) is 26.4 Å². The van der Waals surface area contributed by atoms with E-state index in [1.54, 1.807) is 24.5 Å². The summed E-state index contributed by atoms with van der Waals surface area (Å²) < 4.78 is 67.0. The summed E-state index contributed by atoms with van der Waals surface area (Å²) >= 11 is 0. The van der Waals surface area contributed by atoms with E-state index in [1.165, 1.54) is 22.8 Å². The number of hydrogen-bond acceptors (Lipinski definition) is 8. The van der Waals surface area contributed by atoms with Gasteiger partial charge in [0.05, 0.1) is 40.0 Å². The number of benzene rings is 2. The van der Waals surface area contributed by atoms with Crippen molar-refractivity contribution in [2.45, 2.75) is 11.4 Å². The molecule has 0 fully saturated rings. The van der Waals surface area contributed by atoms with Crippen LogP contribution < -0.4 is 15.6 Å². The third kappa shape index (κ3) is 4.66. The van der Waals surface area contributed by atoms with Crippen LogP contribution in [0.3, 0.4) is 0 Å². The summed E-state index contributed by atoms with van der Waals surface area (Å²) in [5.41, 5.74) is -0.304. The normalized spacial score (nSPS) is 14.5. The van der Waals surface area contributed by atoms with Gasteiger partial charge in [0.15, 0.2) is 0 Å². The number of aromatic nitrogens is 2. The highest BCUT2D eigenvalue weighted by Gasteiger charge is 2.29. The Labute approximate surface area is 210 Å². The van der Waals surface area contributed by atoms with Crippen LogP contribution in [0.25, 0.3) is 16.6 Å². The number of fused-ring (bicyclic) bond motifs is 2. The van der Waals surface area contributed by atoms with Crippen molar-refractivity contribution in [3.63, 3.8) is 0 Å². The minimum Gasteiger partial charge on any atom is -0.506 e. The number of halogens is 1. The van der Waals surface area contributed by atoms with E-state index >= 15 is 0 Å². The van der Waals surface area contributed by atoms with Crippen molar-refractivity contribution in [1.29, 1.82) is 0 Å². The summed E-state index contributed by atoms with van der Waals surface area (Å²) in [6.45, 7) is 0.0270. The van der Waals surface area contributed by atoms with Crippen molar-refractivity contribution in [2.75, 3.05) is 16.3 Å². The van der Waals surface area contributed by atoms with Gasteiger partial charge in [-0.1, -0.05) is 6.07 Å². The van der Waals surface area contributed by atoms with E-state index in [0.29, 0.717) is 5.56 Å². The summed E-state index contributed by atoms with van der Waals surface area (Å²) in [7, 11) is -7.84. The van der Waals surface area contributed by atoms with Gasteiger partial charge in [-0.15, -0.1) is 0 Å². The lowest BCUT2D eigenvalue weighted by molar-refractivity contribution is 0.476. The first-order valence-electron chi connectivity index (χ1n) is 10.7. The predicted octanol–water partition coefficient (Wildman–Crippen LogP) is 2.86. The van der Waals surface area contributed by atoms with Crippen LogP contribution in [0.1, 0.15) is 11.1 Å². The molecule has 0 saturated carbocycles. The molecule has 0 atom stereocenters. The Kier molecular flexibility index (Phi) is 5.76. The van der Waals surface area contributed by atoms with E-state index in [1.807, 2.05) is 0 Å². The molecule has 1 aliphatic rings. The van der Waals surface area contributed by atoms with E-state index < -0.39 is 37.0 Å². The fourth-order valence-electron chi connectivity index (χ4n) is 4.14. The van der Waals surface area contributed by atoms with Crippen molar-refractivity contribution >= 4 is 47.8 Å². The number of sulfonamides is 1. The number of nitrogens with one attached hydrogen (secondary N) is 2. The smallest absolute Gasteiger partial charge is 0.264 e. The Bertz CT molecular complexity index is 1890. The molecule has 2 aromatic carbocycles. The minimum atomic E-state index is -4.19. The van der Waals surface area contributed by atoms with Gasteiger partial charge in [-0.3, -0.25) is 14.5 Å². The van der Waals surface area contributed by atoms with Crippen molar-refractivity contribution < 1.29 is 26.3 Å². The molecule has 37 heavy (non-hydrogen) atoms. The van der Waals surface area contributed by atoms with Gasteiger partial charge in [0.2, 0.25) is 19.9 Å². The van der Waals surface area contributed by atoms with Gasteiger partial charge in [-0.25, -0.2) is 21.2 Å². The van der Waals surface area contributed by atoms with Crippen molar-refractivity contribution in [3.05, 3.63) is 93.6 Å². The highest BCUT2D eigenvalue weighted by atomic mass is 32.2. The molecule has 0 aliphatic carbocycles. The zero-order valence-corrected chi connectivity index (χ0v) is 20.8. The molecule has 0 bridgehead atoms. The fraction of sp³-hybridized carbons (Fsp3) is 0.0833. The largest absolute Gasteiger partial charge is 0.506 e. The Morgan fingerprint density at radius 2 is 1.95 bits per heavy atom. The average molecular weight is 543 g/mol. The van der Waals surface area contributed by atoms with Crippen molar-refractivity contribution in [3.8, 4) is 5.75 Å². The SMILES string of the molecule is CS(=O)(=O)Nc1ccc2c(c1)S(=O)(=O)C=C(c1c(O)c3cc(F)ccc3n(Cc3cccnc3)c1=O)N2. The molecule has 0 unspecified atom stereocenters. The molecular weight excluding hydrogens is 523 g/mol. The minimum absolute atomic E-state index is 0.0112. The average Bonchev–Trinajstić information content (AvgIpc) is 2.82. The number of aromatic hydroxyl groups is 1. The van der Waals surface area contributed by atoms with Gasteiger partial charge in [0, 0.05) is 23.5 Å². The maximum absolute atomic E-state index is 14.1. The van der Waals surface area contributed by atoms with Crippen LogP contribution in [-0.4, -0.2) is 37.7 Å². The summed E-state index contributed by atoms with van der Waals surface area (Å²) in [4.78, 5) is 17.5. The van der Waals surface area contributed by atoms with E-state index in [4.69, 9.17) is 0 Å². The molecule has 0 radical (unpaired) electrons. The molecule has 10 nitrogen and oxygen atoms in total. The molecular formula is C24H19FN4O6S2. The second-order valence-corrected chi connectivity index (χ2v) is 11.9. The quantitative estimate of drug-likeness (QED) is 0.349. The molecule has 3 heterocycles. The number of pyridine rings is 2. The summed E-state index contributed by atoms with van der Waals surface area (Å²) in [6.07, 6.45) is 4.05. The van der Waals surface area contributed by atoms with Crippen LogP contribution in [0.5, 0.6) is 5.75 Å². The molecule has 4 aromatic rings. The van der Waals surface area contributed by atoms with E-state index in [9.17, 15) is 31.1 Å². The molecule has 0 amide bonds. The van der Waals surface area contributed by atoms with Gasteiger partial charge < -0.3 is 15.0 Å². The second kappa shape index (κ2) is 8.71. The molecule has 0 saturated heterocycles. The lowest BCUT2D eigenvalue weighted by Crippen LogP contribution is -2.27. The Balaban J connectivity index is 1.70. The van der Waals surface area contributed by atoms with E-state index in [2.05, 4.69) is 15.0 Å². The Morgan fingerprint density at radius 1 is 1.16 bits per heavy atom. The molecule has 3 N–H and O–H groups in total. The van der Waals surface area contributed by atoms with Crippen LogP contribution in [0, 0.1) is 5.82 Å². The number of hydrogen-bond donors (Lipinski definition) is 3. The summed E-state index contributed by atoms with van der Waals surface area (Å²) in [5.74, 6) is -1.25. The van der Waals surface area contributed by atoms with Crippen molar-refractivity contribution in [1.82, 2.24) is 9.55 Å². The molecule has 2 aromatic heterocycles. The first kappa shape index (κ1) is 24.5. The number of anilines is 2. The van der Waals surface area contributed by atoms with Gasteiger partial charge >= 0.3 is 0 Å². The van der Waals surface area contributed by atoms with E-state index in [-0.39, 0.29) is 45.0 Å². The summed E-state index contributed by atoms with van der Waals surface area (Å²) in [6, 6.07) is 10.8. The van der Waals surface area contributed by atoms with Gasteiger partial charge in [0.1, 0.15) is 17.1 Å². The molecule has 5 rings (SSSR count). The maximum Gasteiger partial charge on any atom is 0.264 e. The van der Waals surface area contributed by atoms with Crippen LogP contribution >= 0.6 is 0 Å². The number of nitrogens with zero attached hydrogens (tertiary/aromatic N) is 2. The fourth-order valence-corrected chi connectivity index (χ4v) is 6.03. The van der Waals surface area contributed by atoms with Crippen LogP contribution in [0.2, 0.25) is 0 Å². The molecule has 13 heteroatoms. The predicted molar refractivity (Wildman–Crippen MR) is 137 cm³/mol. The first-order chi connectivity index (χ1) is 17.4. The standard InChI is InChI=1S/C24H19FN4O6S2/c1-36(32,33)28-16-5-6-18-21(10-16)37(34,35)13-19(27-18)22-23(30)17-9-15(25)4-7-20(17)29(24(22)31)12-14-3-2-8-26-11-14/h2-11,13,27-28,30H,12H2,1H3. The Hall–Kier alpha value is -4.23. The molecule has 190 valence electrons. The summed E-state index contributed by atoms with van der Waals surface area (Å²) in [5, 5.41) is 14.7. The third-order valence-electron chi connectivity index (χ3n) is 5.67. The van der Waals surface area contributed by atoms with Crippen molar-refractivity contribution in [2.24, 2.45) is 0 Å². The number of rotatable bonds is 5. The second-order valence-electron chi connectivity index (χ2n) is 8.42. The topological polar surface area (TPSA) is 147 Å². The Morgan fingerprint density at radius 3 is 2.65 bits per heavy atom. The monoisotopic (exact) mass is 542 g/mol. The zero-order chi connectivity index (χ0) is 26.5. The highest BCUT2D eigenvalue weighted by Crippen LogP contribution is 2.38. The highest BCUT2D eigenvalue weighted by molar-refractivity contribution is 7.94. The third-order valence-corrected chi connectivity index (χ3v) is 7.77. The van der Waals surface area contributed by atoms with Crippen LogP contribution in [0.4, 0.5) is 15.8 Å². The zero-order valence-electron chi connectivity index (χ0n) is 19.1. The molecule has 1 aliphatic heterocycles. The molecule has 0 spiro atoms. The van der Waals surface area contributed by atoms with Gasteiger partial charge in [-0.2, -0.15) is 0 Å². The first-order valence-corrected chi connectivity index (χ1v) is 14.2. The lowest BCUT2D eigenvalue weighted by atomic mass is 10.1. The van der Waals surface area contributed by atoms with Crippen LogP contribution in [0.15, 0.2) is 76.0 Å². The van der Waals surface area contributed by atoms with Gasteiger partial charge in [-0.05, 0) is 48.0 Å². The maximum atomic E-state index is 14.1. The van der Waals surface area contributed by atoms with E-state index in [0.717, 1.165) is 29.9 Å². The lowest BCUT2D eigenvalue weighted by Gasteiger charge is -2.22.